The molecule has 0 atom stereocenters. The highest BCUT2D eigenvalue weighted by Crippen LogP contribution is 2.25. The quantitative estimate of drug-likeness (QED) is 0.914. The van der Waals surface area contributed by atoms with Gasteiger partial charge in [-0.15, -0.1) is 11.3 Å². The summed E-state index contributed by atoms with van der Waals surface area (Å²) in [4.78, 5) is 15.9. The first-order valence-corrected chi connectivity index (χ1v) is 7.37. The molecule has 0 fully saturated rings. The van der Waals surface area contributed by atoms with E-state index in [0.29, 0.717) is 17.9 Å². The van der Waals surface area contributed by atoms with Crippen molar-refractivity contribution >= 4 is 22.9 Å². The molecule has 2 aromatic rings. The van der Waals surface area contributed by atoms with Crippen LogP contribution in [0.4, 0.5) is 5.69 Å². The van der Waals surface area contributed by atoms with Gasteiger partial charge in [-0.3, -0.25) is 4.79 Å². The van der Waals surface area contributed by atoms with Crippen LogP contribution in [0.5, 0.6) is 0 Å². The van der Waals surface area contributed by atoms with E-state index >= 15 is 0 Å². The molecule has 3 heterocycles. The van der Waals surface area contributed by atoms with Gasteiger partial charge in [-0.25, -0.2) is 0 Å². The van der Waals surface area contributed by atoms with Crippen molar-refractivity contribution in [1.29, 1.82) is 0 Å². The van der Waals surface area contributed by atoms with E-state index in [2.05, 4.69) is 11.4 Å². The Morgan fingerprint density at radius 1 is 1.53 bits per heavy atom. The van der Waals surface area contributed by atoms with Gasteiger partial charge in [0.05, 0.1) is 5.69 Å². The third-order valence-electron chi connectivity index (χ3n) is 3.57. The minimum Gasteiger partial charge on any atom is -0.397 e. The van der Waals surface area contributed by atoms with E-state index in [4.69, 9.17) is 5.73 Å². The molecule has 3 rings (SSSR count). The Labute approximate surface area is 116 Å². The first kappa shape index (κ1) is 12.3. The number of thiophene rings is 1. The highest BCUT2D eigenvalue weighted by Gasteiger charge is 2.24. The molecule has 4 nitrogen and oxygen atoms in total. The number of hydrogen-bond donors (Lipinski definition) is 1. The number of fused-ring (bicyclic) bond motifs is 1. The summed E-state index contributed by atoms with van der Waals surface area (Å²) < 4.78 is 1.92. The molecule has 0 saturated carbocycles. The van der Waals surface area contributed by atoms with Crippen molar-refractivity contribution in [2.45, 2.75) is 26.4 Å². The molecule has 0 aliphatic carbocycles. The molecule has 2 aromatic heterocycles. The van der Waals surface area contributed by atoms with E-state index in [9.17, 15) is 4.79 Å². The maximum absolute atomic E-state index is 12.6. The van der Waals surface area contributed by atoms with Gasteiger partial charge in [0.15, 0.2) is 0 Å². The lowest BCUT2D eigenvalue weighted by Gasteiger charge is -2.27. The van der Waals surface area contributed by atoms with Crippen LogP contribution in [0.1, 0.15) is 27.9 Å². The second-order valence-electron chi connectivity index (χ2n) is 4.79. The fraction of sp³-hybridized carbons (Fsp3) is 0.357. The van der Waals surface area contributed by atoms with Crippen LogP contribution in [0.15, 0.2) is 23.7 Å². The van der Waals surface area contributed by atoms with Crippen LogP contribution in [0.2, 0.25) is 0 Å². The number of rotatable bonds is 2. The number of anilines is 1. The van der Waals surface area contributed by atoms with Crippen molar-refractivity contribution in [2.24, 2.45) is 0 Å². The standard InChI is InChI=1S/C14H17N3OS/c1-2-16-9-11(15)7-12(16)14(18)17-5-3-13-10(8-17)4-6-19-13/h4,6-7,9H,2-3,5,8,15H2,1H3. The van der Waals surface area contributed by atoms with Crippen LogP contribution in [-0.2, 0) is 19.5 Å². The minimum atomic E-state index is 0.0791. The Hall–Kier alpha value is -1.75. The van der Waals surface area contributed by atoms with Crippen molar-refractivity contribution in [3.63, 3.8) is 0 Å². The molecule has 0 radical (unpaired) electrons. The largest absolute Gasteiger partial charge is 0.397 e. The fourth-order valence-electron chi connectivity index (χ4n) is 2.56. The molecular weight excluding hydrogens is 258 g/mol. The molecule has 1 aliphatic heterocycles. The lowest BCUT2D eigenvalue weighted by Crippen LogP contribution is -2.36. The van der Waals surface area contributed by atoms with Crippen LogP contribution >= 0.6 is 11.3 Å². The monoisotopic (exact) mass is 275 g/mol. The zero-order valence-electron chi connectivity index (χ0n) is 10.9. The molecule has 0 bridgehead atoms. The maximum Gasteiger partial charge on any atom is 0.270 e. The molecule has 100 valence electrons. The van der Waals surface area contributed by atoms with Crippen LogP contribution in [0.3, 0.4) is 0 Å². The molecule has 1 aliphatic rings. The Kier molecular flexibility index (Phi) is 3.06. The van der Waals surface area contributed by atoms with E-state index in [1.54, 1.807) is 17.4 Å². The number of hydrogen-bond acceptors (Lipinski definition) is 3. The van der Waals surface area contributed by atoms with Crippen molar-refractivity contribution < 1.29 is 4.79 Å². The van der Waals surface area contributed by atoms with Gasteiger partial charge in [-0.2, -0.15) is 0 Å². The van der Waals surface area contributed by atoms with Gasteiger partial charge >= 0.3 is 0 Å². The lowest BCUT2D eigenvalue weighted by atomic mass is 10.1. The van der Waals surface area contributed by atoms with E-state index in [-0.39, 0.29) is 5.91 Å². The van der Waals surface area contributed by atoms with E-state index in [1.165, 1.54) is 10.4 Å². The van der Waals surface area contributed by atoms with E-state index < -0.39 is 0 Å². The highest BCUT2D eigenvalue weighted by molar-refractivity contribution is 7.10. The van der Waals surface area contributed by atoms with Crippen molar-refractivity contribution in [3.8, 4) is 0 Å². The number of amides is 1. The smallest absolute Gasteiger partial charge is 0.270 e. The molecule has 0 saturated heterocycles. The van der Waals surface area contributed by atoms with E-state index in [0.717, 1.165) is 19.5 Å². The normalized spacial score (nSPS) is 14.5. The van der Waals surface area contributed by atoms with Crippen LogP contribution in [0, 0.1) is 0 Å². The van der Waals surface area contributed by atoms with E-state index in [1.807, 2.05) is 22.6 Å². The van der Waals surface area contributed by atoms with Gasteiger partial charge in [0.2, 0.25) is 0 Å². The van der Waals surface area contributed by atoms with Gasteiger partial charge in [0, 0.05) is 30.7 Å². The number of nitrogens with two attached hydrogens (primary N) is 1. The third-order valence-corrected chi connectivity index (χ3v) is 4.60. The summed E-state index contributed by atoms with van der Waals surface area (Å²) in [6.45, 7) is 4.28. The number of nitrogens with zero attached hydrogens (tertiary/aromatic N) is 2. The third kappa shape index (κ3) is 2.14. The zero-order valence-corrected chi connectivity index (χ0v) is 11.7. The van der Waals surface area contributed by atoms with Crippen LogP contribution in [-0.4, -0.2) is 21.9 Å². The van der Waals surface area contributed by atoms with Crippen LogP contribution < -0.4 is 5.73 Å². The molecule has 5 heteroatoms. The lowest BCUT2D eigenvalue weighted by molar-refractivity contribution is 0.0725. The summed E-state index contributed by atoms with van der Waals surface area (Å²) in [5, 5.41) is 2.10. The van der Waals surface area contributed by atoms with Crippen molar-refractivity contribution in [2.75, 3.05) is 12.3 Å². The molecule has 0 aromatic carbocycles. The van der Waals surface area contributed by atoms with Crippen LogP contribution in [0.25, 0.3) is 0 Å². The molecule has 0 spiro atoms. The summed E-state index contributed by atoms with van der Waals surface area (Å²) >= 11 is 1.78. The molecule has 0 unspecified atom stereocenters. The highest BCUT2D eigenvalue weighted by atomic mass is 32.1. The predicted octanol–water partition coefficient (Wildman–Crippen LogP) is 2.35. The Bertz CT molecular complexity index is 614. The van der Waals surface area contributed by atoms with Gasteiger partial charge in [0.25, 0.3) is 5.91 Å². The molecule has 2 N–H and O–H groups in total. The average Bonchev–Trinajstić information content (AvgIpc) is 3.02. The number of aromatic nitrogens is 1. The van der Waals surface area contributed by atoms with Gasteiger partial charge in [0.1, 0.15) is 5.69 Å². The van der Waals surface area contributed by atoms with Crippen molar-refractivity contribution in [3.05, 3.63) is 39.8 Å². The number of nitrogen functional groups attached to an aromatic ring is 1. The second kappa shape index (κ2) is 4.74. The summed E-state index contributed by atoms with van der Waals surface area (Å²) in [5.41, 5.74) is 8.42. The summed E-state index contributed by atoms with van der Waals surface area (Å²) in [6, 6.07) is 3.89. The fourth-order valence-corrected chi connectivity index (χ4v) is 3.45. The first-order valence-electron chi connectivity index (χ1n) is 6.49. The van der Waals surface area contributed by atoms with Gasteiger partial charge in [-0.05, 0) is 36.4 Å². The Morgan fingerprint density at radius 2 is 2.37 bits per heavy atom. The van der Waals surface area contributed by atoms with Gasteiger partial charge < -0.3 is 15.2 Å². The molecule has 1 amide bonds. The minimum absolute atomic E-state index is 0.0791. The molecular formula is C14H17N3OS. The number of carbonyl (C=O) groups is 1. The summed E-state index contributed by atoms with van der Waals surface area (Å²) in [5.74, 6) is 0.0791. The summed E-state index contributed by atoms with van der Waals surface area (Å²) in [7, 11) is 0. The second-order valence-corrected chi connectivity index (χ2v) is 5.79. The Morgan fingerprint density at radius 3 is 3.16 bits per heavy atom. The zero-order chi connectivity index (χ0) is 13.4. The average molecular weight is 275 g/mol. The maximum atomic E-state index is 12.6. The topological polar surface area (TPSA) is 51.3 Å². The number of aryl methyl sites for hydroxylation is 1. The predicted molar refractivity (Wildman–Crippen MR) is 77.3 cm³/mol. The SMILES string of the molecule is CCn1cc(N)cc1C(=O)N1CCc2sccc2C1. The number of carbonyl (C=O) groups excluding carboxylic acids is 1. The molecule has 19 heavy (non-hydrogen) atoms. The summed E-state index contributed by atoms with van der Waals surface area (Å²) in [6.07, 6.45) is 2.79. The Balaban J connectivity index is 1.85. The first-order chi connectivity index (χ1) is 9.19. The van der Waals surface area contributed by atoms with Crippen molar-refractivity contribution in [1.82, 2.24) is 9.47 Å². The van der Waals surface area contributed by atoms with Gasteiger partial charge in [-0.1, -0.05) is 0 Å².